The molecule has 0 bridgehead atoms. The van der Waals surface area contributed by atoms with Gasteiger partial charge in [-0.05, 0) is 44.6 Å². The van der Waals surface area contributed by atoms with E-state index >= 15 is 0 Å². The first-order valence-corrected chi connectivity index (χ1v) is 10.5. The van der Waals surface area contributed by atoms with E-state index in [4.69, 9.17) is 9.47 Å². The third-order valence-electron chi connectivity index (χ3n) is 4.68. The number of anilines is 1. The van der Waals surface area contributed by atoms with E-state index < -0.39 is 0 Å². The normalized spacial score (nSPS) is 12.5. The van der Waals surface area contributed by atoms with Gasteiger partial charge in [0.2, 0.25) is 17.9 Å². The second kappa shape index (κ2) is 9.23. The SMILES string of the molecule is CC(=O)CN(CCCN(C)Cc1ccc2c(c1)OCO2)c1nc(-n2ccnc2)ns1. The second-order valence-electron chi connectivity index (χ2n) is 7.25. The fourth-order valence-electron chi connectivity index (χ4n) is 3.29. The van der Waals surface area contributed by atoms with Crippen LogP contribution >= 0.6 is 11.5 Å². The average Bonchev–Trinajstić information content (AvgIpc) is 3.46. The van der Waals surface area contributed by atoms with Crippen LogP contribution in [-0.2, 0) is 11.3 Å². The van der Waals surface area contributed by atoms with Gasteiger partial charge in [-0.2, -0.15) is 9.36 Å². The lowest BCUT2D eigenvalue weighted by atomic mass is 10.2. The lowest BCUT2D eigenvalue weighted by Gasteiger charge is -2.22. The number of nitrogens with zero attached hydrogens (tertiary/aromatic N) is 6. The fraction of sp³-hybridized carbons (Fsp3) is 0.400. The molecule has 0 radical (unpaired) electrons. The Morgan fingerprint density at radius 1 is 1.27 bits per heavy atom. The highest BCUT2D eigenvalue weighted by atomic mass is 32.1. The molecule has 0 N–H and O–H groups in total. The summed E-state index contributed by atoms with van der Waals surface area (Å²) in [4.78, 5) is 24.6. The molecule has 0 fully saturated rings. The molecule has 3 aromatic rings. The van der Waals surface area contributed by atoms with Gasteiger partial charge in [0, 0.05) is 37.0 Å². The van der Waals surface area contributed by atoms with Crippen molar-refractivity contribution in [3.63, 3.8) is 0 Å². The van der Waals surface area contributed by atoms with Crippen molar-refractivity contribution in [1.29, 1.82) is 0 Å². The highest BCUT2D eigenvalue weighted by Gasteiger charge is 2.16. The topological polar surface area (TPSA) is 85.6 Å². The summed E-state index contributed by atoms with van der Waals surface area (Å²) in [5, 5.41) is 0.743. The molecular formula is C20H24N6O3S. The summed E-state index contributed by atoms with van der Waals surface area (Å²) in [6.07, 6.45) is 6.04. The van der Waals surface area contributed by atoms with Gasteiger partial charge in [-0.25, -0.2) is 4.98 Å². The Hall–Kier alpha value is -2.98. The van der Waals surface area contributed by atoms with Crippen LogP contribution < -0.4 is 14.4 Å². The van der Waals surface area contributed by atoms with E-state index in [-0.39, 0.29) is 12.6 Å². The van der Waals surface area contributed by atoms with Gasteiger partial charge in [0.25, 0.3) is 0 Å². The van der Waals surface area contributed by atoms with Gasteiger partial charge in [-0.15, -0.1) is 0 Å². The van der Waals surface area contributed by atoms with Crippen molar-refractivity contribution in [2.45, 2.75) is 19.9 Å². The number of carbonyl (C=O) groups is 1. The van der Waals surface area contributed by atoms with Gasteiger partial charge in [-0.3, -0.25) is 9.36 Å². The van der Waals surface area contributed by atoms with E-state index in [2.05, 4.69) is 32.4 Å². The Kier molecular flexibility index (Phi) is 6.24. The van der Waals surface area contributed by atoms with Crippen molar-refractivity contribution in [1.82, 2.24) is 23.8 Å². The van der Waals surface area contributed by atoms with Gasteiger partial charge in [-0.1, -0.05) is 6.07 Å². The van der Waals surface area contributed by atoms with Crippen LogP contribution in [0.15, 0.2) is 36.9 Å². The number of benzene rings is 1. The van der Waals surface area contributed by atoms with Crippen LogP contribution in [0.1, 0.15) is 18.9 Å². The molecular weight excluding hydrogens is 404 g/mol. The fourth-order valence-corrected chi connectivity index (χ4v) is 3.98. The first-order chi connectivity index (χ1) is 14.6. The molecule has 2 aromatic heterocycles. The lowest BCUT2D eigenvalue weighted by Crippen LogP contribution is -2.32. The van der Waals surface area contributed by atoms with Crippen molar-refractivity contribution in [2.24, 2.45) is 0 Å². The Morgan fingerprint density at radius 2 is 2.13 bits per heavy atom. The predicted octanol–water partition coefficient (Wildman–Crippen LogP) is 2.37. The molecule has 1 aromatic carbocycles. The molecule has 0 unspecified atom stereocenters. The highest BCUT2D eigenvalue weighted by molar-refractivity contribution is 7.09. The van der Waals surface area contributed by atoms with Crippen molar-refractivity contribution in [3.8, 4) is 17.4 Å². The van der Waals surface area contributed by atoms with Crippen LogP contribution in [0.25, 0.3) is 5.95 Å². The van der Waals surface area contributed by atoms with E-state index in [0.717, 1.165) is 42.7 Å². The van der Waals surface area contributed by atoms with Crippen LogP contribution in [0, 0.1) is 0 Å². The van der Waals surface area contributed by atoms with Crippen molar-refractivity contribution < 1.29 is 14.3 Å². The summed E-state index contributed by atoms with van der Waals surface area (Å²) in [5.74, 6) is 2.27. The van der Waals surface area contributed by atoms with Gasteiger partial charge in [0.05, 0.1) is 6.54 Å². The zero-order valence-electron chi connectivity index (χ0n) is 17.0. The number of hydrogen-bond acceptors (Lipinski definition) is 9. The molecule has 0 saturated carbocycles. The lowest BCUT2D eigenvalue weighted by molar-refractivity contribution is -0.115. The molecule has 0 atom stereocenters. The Morgan fingerprint density at radius 3 is 2.93 bits per heavy atom. The number of fused-ring (bicyclic) bond motifs is 1. The number of hydrogen-bond donors (Lipinski definition) is 0. The Balaban J connectivity index is 1.32. The van der Waals surface area contributed by atoms with E-state index in [1.807, 2.05) is 17.0 Å². The number of ketones is 1. The number of rotatable bonds is 10. The number of aromatic nitrogens is 4. The van der Waals surface area contributed by atoms with Crippen LogP contribution in [0.2, 0.25) is 0 Å². The zero-order chi connectivity index (χ0) is 20.9. The quantitative estimate of drug-likeness (QED) is 0.487. The van der Waals surface area contributed by atoms with Crippen molar-refractivity contribution >= 4 is 22.4 Å². The minimum Gasteiger partial charge on any atom is -0.454 e. The number of Topliss-reactive ketones (excluding diaryl/α,β-unsaturated/α-hetero) is 1. The molecule has 0 amide bonds. The standard InChI is InChI=1S/C20H24N6O3S/c1-15(27)11-25(20-22-19(23-30-20)26-9-6-21-13-26)8-3-7-24(2)12-16-4-5-17-18(10-16)29-14-28-17/h4-6,9-10,13H,3,7-8,11-12,14H2,1-2H3. The van der Waals surface area contributed by atoms with E-state index in [1.165, 1.54) is 17.1 Å². The predicted molar refractivity (Wildman–Crippen MR) is 113 cm³/mol. The molecule has 10 heteroatoms. The summed E-state index contributed by atoms with van der Waals surface area (Å²) in [7, 11) is 2.09. The van der Waals surface area contributed by atoms with Crippen LogP contribution in [-0.4, -0.2) is 63.1 Å². The van der Waals surface area contributed by atoms with Crippen molar-refractivity contribution in [3.05, 3.63) is 42.5 Å². The summed E-state index contributed by atoms with van der Waals surface area (Å²) >= 11 is 1.30. The van der Waals surface area contributed by atoms with Crippen LogP contribution in [0.5, 0.6) is 11.5 Å². The summed E-state index contributed by atoms with van der Waals surface area (Å²) in [6, 6.07) is 6.04. The molecule has 4 rings (SSSR count). The van der Waals surface area contributed by atoms with Crippen LogP contribution in [0.3, 0.4) is 0 Å². The Labute approximate surface area is 179 Å². The highest BCUT2D eigenvalue weighted by Crippen LogP contribution is 2.32. The van der Waals surface area contributed by atoms with E-state index in [1.54, 1.807) is 30.2 Å². The smallest absolute Gasteiger partial charge is 0.248 e. The summed E-state index contributed by atoms with van der Waals surface area (Å²) in [6.45, 7) is 4.63. The molecule has 0 saturated heterocycles. The molecule has 9 nitrogen and oxygen atoms in total. The van der Waals surface area contributed by atoms with Crippen LogP contribution in [0.4, 0.5) is 5.13 Å². The van der Waals surface area contributed by atoms with Gasteiger partial charge < -0.3 is 19.3 Å². The van der Waals surface area contributed by atoms with Crippen molar-refractivity contribution in [2.75, 3.05) is 38.4 Å². The molecule has 30 heavy (non-hydrogen) atoms. The second-order valence-corrected chi connectivity index (χ2v) is 7.98. The summed E-state index contributed by atoms with van der Waals surface area (Å²) in [5.41, 5.74) is 1.18. The molecule has 158 valence electrons. The monoisotopic (exact) mass is 428 g/mol. The average molecular weight is 429 g/mol. The summed E-state index contributed by atoms with van der Waals surface area (Å²) < 4.78 is 17.0. The molecule has 0 aliphatic carbocycles. The minimum atomic E-state index is 0.100. The van der Waals surface area contributed by atoms with Gasteiger partial charge >= 0.3 is 0 Å². The minimum absolute atomic E-state index is 0.100. The zero-order valence-corrected chi connectivity index (χ0v) is 17.8. The third-order valence-corrected chi connectivity index (χ3v) is 5.45. The number of carbonyl (C=O) groups excluding carboxylic acids is 1. The molecule has 1 aliphatic heterocycles. The molecule has 0 spiro atoms. The molecule has 3 heterocycles. The number of imidazole rings is 1. The first-order valence-electron chi connectivity index (χ1n) is 9.72. The maximum Gasteiger partial charge on any atom is 0.248 e. The maximum atomic E-state index is 11.8. The third kappa shape index (κ3) is 4.95. The first kappa shape index (κ1) is 20.3. The van der Waals surface area contributed by atoms with Gasteiger partial charge in [0.15, 0.2) is 11.5 Å². The number of ether oxygens (including phenoxy) is 2. The maximum absolute atomic E-state index is 11.8. The Bertz CT molecular complexity index is 990. The van der Waals surface area contributed by atoms with E-state index in [9.17, 15) is 4.79 Å². The molecule has 1 aliphatic rings. The largest absolute Gasteiger partial charge is 0.454 e. The van der Waals surface area contributed by atoms with Gasteiger partial charge in [0.1, 0.15) is 12.1 Å². The van der Waals surface area contributed by atoms with E-state index in [0.29, 0.717) is 12.5 Å².